The van der Waals surface area contributed by atoms with Crippen molar-refractivity contribution in [3.63, 3.8) is 0 Å². The van der Waals surface area contributed by atoms with Crippen LogP contribution < -0.4 is 5.32 Å². The fourth-order valence-electron chi connectivity index (χ4n) is 2.84. The number of nitrogens with zero attached hydrogens (tertiary/aromatic N) is 2. The van der Waals surface area contributed by atoms with E-state index in [-0.39, 0.29) is 22.7 Å². The van der Waals surface area contributed by atoms with Crippen LogP contribution in [-0.4, -0.2) is 32.9 Å². The van der Waals surface area contributed by atoms with Crippen molar-refractivity contribution in [1.82, 2.24) is 10.2 Å². The number of carbonyl (C=O) groups is 3. The average Bonchev–Trinajstić information content (AvgIpc) is 3.19. The Morgan fingerprint density at radius 3 is 2.37 bits per heavy atom. The van der Waals surface area contributed by atoms with E-state index in [2.05, 4.69) is 15.5 Å². The lowest BCUT2D eigenvalue weighted by atomic mass is 9.84. The molecule has 1 aromatic heterocycles. The number of thioether (sulfide) groups is 1. The van der Waals surface area contributed by atoms with Gasteiger partial charge >= 0.3 is 0 Å². The monoisotopic (exact) mass is 395 g/mol. The quantitative estimate of drug-likeness (QED) is 0.533. The lowest BCUT2D eigenvalue weighted by Crippen LogP contribution is -2.24. The van der Waals surface area contributed by atoms with Crippen LogP contribution >= 0.6 is 23.1 Å². The molecule has 1 aliphatic carbocycles. The zero-order valence-electron chi connectivity index (χ0n) is 14.1. The van der Waals surface area contributed by atoms with E-state index in [4.69, 9.17) is 0 Å². The Morgan fingerprint density at radius 2 is 1.70 bits per heavy atom. The summed E-state index contributed by atoms with van der Waals surface area (Å²) in [6.07, 6.45) is 0. The molecule has 6 nitrogen and oxygen atoms in total. The van der Waals surface area contributed by atoms with Crippen molar-refractivity contribution in [1.29, 1.82) is 0 Å². The highest BCUT2D eigenvalue weighted by atomic mass is 32.2. The van der Waals surface area contributed by atoms with Crippen LogP contribution in [0.3, 0.4) is 0 Å². The molecule has 0 saturated carbocycles. The van der Waals surface area contributed by atoms with Gasteiger partial charge in [-0.25, -0.2) is 0 Å². The van der Waals surface area contributed by atoms with Gasteiger partial charge in [0.2, 0.25) is 5.91 Å². The summed E-state index contributed by atoms with van der Waals surface area (Å²) in [4.78, 5) is 37.8. The van der Waals surface area contributed by atoms with Gasteiger partial charge in [0.05, 0.1) is 5.25 Å². The van der Waals surface area contributed by atoms with Crippen LogP contribution in [0.1, 0.15) is 38.8 Å². The van der Waals surface area contributed by atoms with Crippen molar-refractivity contribution in [3.05, 3.63) is 70.2 Å². The minimum atomic E-state index is -0.382. The first-order valence-electron chi connectivity index (χ1n) is 8.11. The molecule has 2 aromatic carbocycles. The lowest BCUT2D eigenvalue weighted by molar-refractivity contribution is -0.115. The van der Waals surface area contributed by atoms with Crippen molar-refractivity contribution in [2.45, 2.75) is 16.5 Å². The van der Waals surface area contributed by atoms with Crippen LogP contribution in [0.2, 0.25) is 0 Å². The van der Waals surface area contributed by atoms with E-state index in [0.717, 1.165) is 0 Å². The molecule has 1 heterocycles. The van der Waals surface area contributed by atoms with Gasteiger partial charge in [0, 0.05) is 27.9 Å². The van der Waals surface area contributed by atoms with Crippen LogP contribution in [-0.2, 0) is 4.79 Å². The van der Waals surface area contributed by atoms with Gasteiger partial charge in [-0.3, -0.25) is 14.4 Å². The first-order valence-corrected chi connectivity index (χ1v) is 9.86. The van der Waals surface area contributed by atoms with Crippen LogP contribution in [0.25, 0.3) is 0 Å². The van der Waals surface area contributed by atoms with Crippen molar-refractivity contribution in [3.8, 4) is 0 Å². The van der Waals surface area contributed by atoms with Gasteiger partial charge in [0.25, 0.3) is 0 Å². The standard InChI is InChI=1S/C19H13N3O3S2/c1-10(27-19-22-20-9-26-19)18(25)21-11-6-7-14-15(8-11)17(24)13-5-3-2-4-12(13)16(14)23/h2-10H,1H3,(H,21,25)/t10-/m1/s1. The maximum absolute atomic E-state index is 12.8. The minimum Gasteiger partial charge on any atom is -0.325 e. The summed E-state index contributed by atoms with van der Waals surface area (Å²) < 4.78 is 0.709. The van der Waals surface area contributed by atoms with Gasteiger partial charge in [-0.05, 0) is 25.1 Å². The number of rotatable bonds is 4. The lowest BCUT2D eigenvalue weighted by Gasteiger charge is -2.18. The number of anilines is 1. The van der Waals surface area contributed by atoms with Crippen LogP contribution in [0, 0.1) is 0 Å². The Bertz CT molecular complexity index is 1060. The molecule has 3 aromatic rings. The van der Waals surface area contributed by atoms with Crippen LogP contribution in [0.4, 0.5) is 5.69 Å². The van der Waals surface area contributed by atoms with Crippen LogP contribution in [0.5, 0.6) is 0 Å². The van der Waals surface area contributed by atoms with Crippen molar-refractivity contribution in [2.24, 2.45) is 0 Å². The first-order chi connectivity index (χ1) is 13.0. The molecule has 0 unspecified atom stereocenters. The SMILES string of the molecule is C[C@@H](Sc1nncs1)C(=O)Nc1ccc2c(c1)C(=O)c1ccccc1C2=O. The Hall–Kier alpha value is -2.84. The molecule has 0 radical (unpaired) electrons. The van der Waals surface area contributed by atoms with Gasteiger partial charge < -0.3 is 5.32 Å². The Balaban J connectivity index is 1.57. The third kappa shape index (κ3) is 3.29. The molecule has 8 heteroatoms. The topological polar surface area (TPSA) is 89.0 Å². The third-order valence-corrected chi connectivity index (χ3v) is 6.09. The highest BCUT2D eigenvalue weighted by Gasteiger charge is 2.29. The Kier molecular flexibility index (Phi) is 4.59. The first kappa shape index (κ1) is 17.6. The van der Waals surface area contributed by atoms with E-state index in [0.29, 0.717) is 32.3 Å². The highest BCUT2D eigenvalue weighted by molar-refractivity contribution is 8.02. The van der Waals surface area contributed by atoms with E-state index in [1.807, 2.05) is 0 Å². The summed E-state index contributed by atoms with van der Waals surface area (Å²) in [5.74, 6) is -0.615. The van der Waals surface area contributed by atoms with Crippen molar-refractivity contribution >= 4 is 46.3 Å². The Morgan fingerprint density at radius 1 is 1.04 bits per heavy atom. The molecule has 0 bridgehead atoms. The largest absolute Gasteiger partial charge is 0.325 e. The molecule has 1 N–H and O–H groups in total. The smallest absolute Gasteiger partial charge is 0.237 e. The average molecular weight is 395 g/mol. The van der Waals surface area contributed by atoms with E-state index in [9.17, 15) is 14.4 Å². The fourth-order valence-corrected chi connectivity index (χ4v) is 4.47. The van der Waals surface area contributed by atoms with Crippen molar-refractivity contribution in [2.75, 3.05) is 5.32 Å². The molecular weight excluding hydrogens is 382 g/mol. The summed E-state index contributed by atoms with van der Waals surface area (Å²) in [6.45, 7) is 1.77. The van der Waals surface area contributed by atoms with Gasteiger partial charge in [-0.2, -0.15) is 0 Å². The number of nitrogens with one attached hydrogen (secondary N) is 1. The van der Waals surface area contributed by atoms with Gasteiger partial charge in [0.15, 0.2) is 15.9 Å². The fraction of sp³-hybridized carbons (Fsp3) is 0.105. The summed E-state index contributed by atoms with van der Waals surface area (Å²) in [7, 11) is 0. The Labute approximate surface area is 163 Å². The minimum absolute atomic E-state index is 0.182. The maximum Gasteiger partial charge on any atom is 0.237 e. The molecule has 1 amide bonds. The molecular formula is C19H13N3O3S2. The predicted octanol–water partition coefficient (Wildman–Crippen LogP) is 3.43. The normalized spacial score (nSPS) is 13.7. The van der Waals surface area contributed by atoms with E-state index < -0.39 is 0 Å². The number of hydrogen-bond donors (Lipinski definition) is 1. The molecule has 134 valence electrons. The molecule has 0 fully saturated rings. The molecule has 0 saturated heterocycles. The zero-order valence-corrected chi connectivity index (χ0v) is 15.8. The molecule has 1 atom stereocenters. The second-order valence-electron chi connectivity index (χ2n) is 5.92. The van der Waals surface area contributed by atoms with E-state index >= 15 is 0 Å². The number of fused-ring (bicyclic) bond motifs is 2. The molecule has 1 aliphatic rings. The van der Waals surface area contributed by atoms with Crippen molar-refractivity contribution < 1.29 is 14.4 Å². The third-order valence-electron chi connectivity index (χ3n) is 4.18. The maximum atomic E-state index is 12.8. The second kappa shape index (κ2) is 7.05. The number of hydrogen-bond acceptors (Lipinski definition) is 7. The number of carbonyl (C=O) groups excluding carboxylic acids is 3. The second-order valence-corrected chi connectivity index (χ2v) is 8.34. The zero-order chi connectivity index (χ0) is 19.0. The summed E-state index contributed by atoms with van der Waals surface area (Å²) >= 11 is 2.68. The van der Waals surface area contributed by atoms with E-state index in [1.54, 1.807) is 54.9 Å². The summed E-state index contributed by atoms with van der Waals surface area (Å²) in [5, 5.41) is 10.1. The molecule has 0 spiro atoms. The predicted molar refractivity (Wildman–Crippen MR) is 104 cm³/mol. The van der Waals surface area contributed by atoms with Crippen LogP contribution in [0.15, 0.2) is 52.3 Å². The summed E-state index contributed by atoms with van der Waals surface area (Å²) in [5.41, 5.74) is 3.54. The highest BCUT2D eigenvalue weighted by Crippen LogP contribution is 2.30. The van der Waals surface area contributed by atoms with E-state index in [1.165, 1.54) is 23.1 Å². The number of aromatic nitrogens is 2. The molecule has 0 aliphatic heterocycles. The molecule has 4 rings (SSSR count). The van der Waals surface area contributed by atoms with Gasteiger partial charge in [-0.15, -0.1) is 10.2 Å². The van der Waals surface area contributed by atoms with Gasteiger partial charge in [-0.1, -0.05) is 47.4 Å². The number of amides is 1. The summed E-state index contributed by atoms with van der Waals surface area (Å²) in [6, 6.07) is 11.5. The number of benzene rings is 2. The molecule has 27 heavy (non-hydrogen) atoms. The number of ketones is 2. The van der Waals surface area contributed by atoms with Gasteiger partial charge in [0.1, 0.15) is 5.51 Å².